The third kappa shape index (κ3) is 1.74. The van der Waals surface area contributed by atoms with Crippen LogP contribution in [0.5, 0.6) is 0 Å². The highest BCUT2D eigenvalue weighted by molar-refractivity contribution is 4.97. The van der Waals surface area contributed by atoms with Gasteiger partial charge < -0.3 is 20.6 Å². The van der Waals surface area contributed by atoms with E-state index in [0.717, 1.165) is 0 Å². The smallest absolute Gasteiger partial charge is 0.145 e. The Morgan fingerprint density at radius 3 is 2.33 bits per heavy atom. The van der Waals surface area contributed by atoms with E-state index < -0.39 is 24.4 Å². The van der Waals surface area contributed by atoms with Gasteiger partial charge in [0.2, 0.25) is 0 Å². The Labute approximate surface area is 70.0 Å². The van der Waals surface area contributed by atoms with E-state index in [4.69, 9.17) is 10.2 Å². The lowest BCUT2D eigenvalue weighted by Gasteiger charge is -2.12. The molecular formula is C7H14FNO3. The van der Waals surface area contributed by atoms with Gasteiger partial charge in [-0.1, -0.05) is 0 Å². The number of nitrogens with one attached hydrogen (secondary N) is 1. The highest BCUT2D eigenvalue weighted by Crippen LogP contribution is 2.19. The number of hydrogen-bond donors (Lipinski definition) is 4. The number of aliphatic hydroxyl groups excluding tert-OH is 3. The fraction of sp³-hybridized carbons (Fsp3) is 1.00. The zero-order valence-corrected chi connectivity index (χ0v) is 6.65. The lowest BCUT2D eigenvalue weighted by Crippen LogP contribution is -2.35. The van der Waals surface area contributed by atoms with E-state index in [2.05, 4.69) is 5.32 Å². The lowest BCUT2D eigenvalue weighted by molar-refractivity contribution is 0.0708. The third-order valence-corrected chi connectivity index (χ3v) is 2.19. The van der Waals surface area contributed by atoms with Crippen molar-refractivity contribution >= 4 is 0 Å². The molecule has 1 heterocycles. The van der Waals surface area contributed by atoms with Gasteiger partial charge in [0.1, 0.15) is 12.3 Å². The van der Waals surface area contributed by atoms with Crippen molar-refractivity contribution in [2.45, 2.75) is 30.8 Å². The second-order valence-electron chi connectivity index (χ2n) is 3.01. The monoisotopic (exact) mass is 179 g/mol. The highest BCUT2D eigenvalue weighted by Gasteiger charge is 2.41. The van der Waals surface area contributed by atoms with Gasteiger partial charge in [0.25, 0.3) is 0 Å². The Morgan fingerprint density at radius 2 is 1.92 bits per heavy atom. The molecule has 1 rings (SSSR count). The minimum Gasteiger partial charge on any atom is -0.396 e. The quantitative estimate of drug-likeness (QED) is 0.421. The van der Waals surface area contributed by atoms with E-state index in [-0.39, 0.29) is 13.2 Å². The van der Waals surface area contributed by atoms with Crippen molar-refractivity contribution < 1.29 is 19.7 Å². The molecule has 72 valence electrons. The molecule has 0 aromatic heterocycles. The lowest BCUT2D eigenvalue weighted by atomic mass is 10.1. The van der Waals surface area contributed by atoms with Crippen molar-refractivity contribution in [3.05, 3.63) is 0 Å². The van der Waals surface area contributed by atoms with E-state index in [1.807, 2.05) is 0 Å². The number of rotatable bonds is 3. The zero-order valence-electron chi connectivity index (χ0n) is 6.65. The number of halogens is 1. The van der Waals surface area contributed by atoms with Crippen LogP contribution in [0.3, 0.4) is 0 Å². The van der Waals surface area contributed by atoms with Crippen LogP contribution < -0.4 is 5.32 Å². The summed E-state index contributed by atoms with van der Waals surface area (Å²) in [6.45, 7) is -0.431. The van der Waals surface area contributed by atoms with Gasteiger partial charge in [-0.25, -0.2) is 4.39 Å². The summed E-state index contributed by atoms with van der Waals surface area (Å²) in [6, 6.07) is -1.14. The highest BCUT2D eigenvalue weighted by atomic mass is 19.1. The minimum absolute atomic E-state index is 0.0976. The maximum absolute atomic E-state index is 13.0. The van der Waals surface area contributed by atoms with E-state index in [0.29, 0.717) is 6.42 Å². The molecule has 1 fully saturated rings. The first-order valence-electron chi connectivity index (χ1n) is 4.00. The van der Waals surface area contributed by atoms with E-state index >= 15 is 0 Å². The first-order chi connectivity index (χ1) is 5.70. The molecule has 0 spiro atoms. The second kappa shape index (κ2) is 4.13. The molecule has 0 aliphatic carbocycles. The van der Waals surface area contributed by atoms with Crippen molar-refractivity contribution in [3.63, 3.8) is 0 Å². The first-order valence-corrected chi connectivity index (χ1v) is 4.00. The van der Waals surface area contributed by atoms with Gasteiger partial charge in [-0.3, -0.25) is 0 Å². The molecular weight excluding hydrogens is 165 g/mol. The average molecular weight is 179 g/mol. The van der Waals surface area contributed by atoms with Crippen molar-refractivity contribution in [2.24, 2.45) is 0 Å². The van der Waals surface area contributed by atoms with Crippen LogP contribution in [0.1, 0.15) is 6.42 Å². The van der Waals surface area contributed by atoms with Crippen LogP contribution in [0, 0.1) is 0 Å². The van der Waals surface area contributed by atoms with Gasteiger partial charge in [-0.05, 0) is 6.42 Å². The molecule has 0 bridgehead atoms. The molecule has 0 amide bonds. The number of alkyl halides is 1. The molecule has 12 heavy (non-hydrogen) atoms. The maximum atomic E-state index is 13.0. The summed E-state index contributed by atoms with van der Waals surface area (Å²) >= 11 is 0. The first kappa shape index (κ1) is 9.85. The van der Waals surface area contributed by atoms with Crippen LogP contribution in [-0.4, -0.2) is 52.9 Å². The Balaban J connectivity index is 2.48. The Hall–Kier alpha value is -0.230. The molecule has 0 saturated carbocycles. The van der Waals surface area contributed by atoms with Gasteiger partial charge in [0.05, 0.1) is 12.6 Å². The van der Waals surface area contributed by atoms with Crippen molar-refractivity contribution in [3.8, 4) is 0 Å². The second-order valence-corrected chi connectivity index (χ2v) is 3.01. The van der Waals surface area contributed by atoms with Gasteiger partial charge in [0, 0.05) is 12.6 Å². The summed E-state index contributed by atoms with van der Waals surface area (Å²) < 4.78 is 13.0. The van der Waals surface area contributed by atoms with E-state index in [9.17, 15) is 9.50 Å². The Bertz CT molecular complexity index is 147. The summed E-state index contributed by atoms with van der Waals surface area (Å²) in [7, 11) is 0. The van der Waals surface area contributed by atoms with E-state index in [1.54, 1.807) is 0 Å². The Morgan fingerprint density at radius 1 is 1.25 bits per heavy atom. The molecule has 4 nitrogen and oxygen atoms in total. The van der Waals surface area contributed by atoms with Gasteiger partial charge in [-0.2, -0.15) is 0 Å². The molecule has 0 aromatic rings. The number of aliphatic hydroxyl groups is 3. The molecule has 0 unspecified atom stereocenters. The largest absolute Gasteiger partial charge is 0.396 e. The average Bonchev–Trinajstić information content (AvgIpc) is 2.33. The molecule has 5 heteroatoms. The molecule has 4 N–H and O–H groups in total. The van der Waals surface area contributed by atoms with Crippen LogP contribution in [-0.2, 0) is 0 Å². The summed E-state index contributed by atoms with van der Waals surface area (Å²) in [6.07, 6.45) is -2.25. The summed E-state index contributed by atoms with van der Waals surface area (Å²) in [5.74, 6) is 0. The summed E-state index contributed by atoms with van der Waals surface area (Å²) in [5, 5.41) is 29.2. The summed E-state index contributed by atoms with van der Waals surface area (Å²) in [5.41, 5.74) is 0. The maximum Gasteiger partial charge on any atom is 0.145 e. The molecule has 0 radical (unpaired) electrons. The topological polar surface area (TPSA) is 72.7 Å². The van der Waals surface area contributed by atoms with Crippen molar-refractivity contribution in [1.82, 2.24) is 5.32 Å². The fourth-order valence-corrected chi connectivity index (χ4v) is 1.47. The number of hydrogen-bond acceptors (Lipinski definition) is 4. The molecule has 0 aromatic carbocycles. The molecule has 4 atom stereocenters. The Kier molecular flexibility index (Phi) is 3.39. The van der Waals surface area contributed by atoms with Gasteiger partial charge in [-0.15, -0.1) is 0 Å². The van der Waals surface area contributed by atoms with Gasteiger partial charge in [0.15, 0.2) is 0 Å². The third-order valence-electron chi connectivity index (χ3n) is 2.19. The standard InChI is InChI=1S/C7H14FNO3/c8-6-5(3-11)9-4(1-2-10)7(6)12/h4-7,9-12H,1-3H2/t4-,5-,6-,7-/m0/s1. The molecule has 1 saturated heterocycles. The van der Waals surface area contributed by atoms with Gasteiger partial charge >= 0.3 is 0 Å². The zero-order chi connectivity index (χ0) is 9.14. The fourth-order valence-electron chi connectivity index (χ4n) is 1.47. The van der Waals surface area contributed by atoms with Crippen LogP contribution in [0.2, 0.25) is 0 Å². The SMILES string of the molecule is OCC[C@@H]1N[C@@H](CO)[C@H](F)[C@H]1O. The van der Waals surface area contributed by atoms with Crippen LogP contribution in [0.25, 0.3) is 0 Å². The van der Waals surface area contributed by atoms with Crippen LogP contribution in [0.4, 0.5) is 4.39 Å². The minimum atomic E-state index is -1.44. The molecule has 1 aliphatic rings. The normalized spacial score (nSPS) is 42.0. The molecule has 1 aliphatic heterocycles. The van der Waals surface area contributed by atoms with Crippen LogP contribution >= 0.6 is 0 Å². The van der Waals surface area contributed by atoms with Crippen LogP contribution in [0.15, 0.2) is 0 Å². The summed E-state index contributed by atoms with van der Waals surface area (Å²) in [4.78, 5) is 0. The predicted molar refractivity (Wildman–Crippen MR) is 40.4 cm³/mol. The van der Waals surface area contributed by atoms with Crippen molar-refractivity contribution in [1.29, 1.82) is 0 Å². The van der Waals surface area contributed by atoms with Crippen molar-refractivity contribution in [2.75, 3.05) is 13.2 Å². The van der Waals surface area contributed by atoms with E-state index in [1.165, 1.54) is 0 Å². The predicted octanol–water partition coefficient (Wildman–Crippen LogP) is -1.60.